The Morgan fingerprint density at radius 2 is 2.06 bits per heavy atom. The molecule has 0 aromatic heterocycles. The molecule has 0 aliphatic carbocycles. The van der Waals surface area contributed by atoms with Crippen LogP contribution in [-0.4, -0.2) is 39.1 Å². The average Bonchev–Trinajstić information content (AvgIpc) is 2.24. The number of sulfonamides is 1. The molecule has 96 valence electrons. The van der Waals surface area contributed by atoms with Crippen LogP contribution in [-0.2, 0) is 16.6 Å². The summed E-state index contributed by atoms with van der Waals surface area (Å²) in [5, 5.41) is 3.13. The van der Waals surface area contributed by atoms with E-state index in [1.165, 1.54) is 13.4 Å². The highest BCUT2D eigenvalue weighted by Gasteiger charge is 2.12. The summed E-state index contributed by atoms with van der Waals surface area (Å²) < 4.78 is 25.4. The second-order valence-corrected chi connectivity index (χ2v) is 7.45. The maximum atomic E-state index is 11.5. The van der Waals surface area contributed by atoms with Gasteiger partial charge in [0.15, 0.2) is 0 Å². The van der Waals surface area contributed by atoms with Gasteiger partial charge in [0.1, 0.15) is 0 Å². The van der Waals surface area contributed by atoms with Crippen molar-refractivity contribution in [3.05, 3.63) is 33.4 Å². The fourth-order valence-electron chi connectivity index (χ4n) is 1.26. The van der Waals surface area contributed by atoms with Crippen LogP contribution in [0.3, 0.4) is 0 Å². The second kappa shape index (κ2) is 6.67. The molecule has 0 heterocycles. The van der Waals surface area contributed by atoms with Gasteiger partial charge in [-0.2, -0.15) is 0 Å². The average molecular weight is 368 g/mol. The third-order valence-corrected chi connectivity index (χ3v) is 4.81. The largest absolute Gasteiger partial charge is 0.312 e. The van der Waals surface area contributed by atoms with Gasteiger partial charge in [0, 0.05) is 30.8 Å². The SMILES string of the molecule is CN(C)S(=O)(=O)CCNCc1cccc(I)c1. The van der Waals surface area contributed by atoms with E-state index in [1.54, 1.807) is 14.1 Å². The zero-order valence-electron chi connectivity index (χ0n) is 9.98. The fourth-order valence-corrected chi connectivity index (χ4v) is 2.64. The van der Waals surface area contributed by atoms with Crippen molar-refractivity contribution < 1.29 is 8.42 Å². The molecule has 0 spiro atoms. The van der Waals surface area contributed by atoms with Crippen LogP contribution >= 0.6 is 22.6 Å². The molecule has 1 N–H and O–H groups in total. The van der Waals surface area contributed by atoms with Crippen LogP contribution < -0.4 is 5.32 Å². The molecule has 4 nitrogen and oxygen atoms in total. The number of rotatable bonds is 6. The first-order chi connectivity index (χ1) is 7.92. The number of nitrogens with zero attached hydrogens (tertiary/aromatic N) is 1. The Morgan fingerprint density at radius 3 is 2.65 bits per heavy atom. The Balaban J connectivity index is 2.35. The summed E-state index contributed by atoms with van der Waals surface area (Å²) in [5.74, 6) is 0.129. The lowest BCUT2D eigenvalue weighted by atomic mass is 10.2. The van der Waals surface area contributed by atoms with E-state index in [2.05, 4.69) is 34.0 Å². The van der Waals surface area contributed by atoms with Crippen molar-refractivity contribution in [3.63, 3.8) is 0 Å². The van der Waals surface area contributed by atoms with Crippen LogP contribution in [0.1, 0.15) is 5.56 Å². The third kappa shape index (κ3) is 5.33. The minimum atomic E-state index is -3.09. The van der Waals surface area contributed by atoms with Gasteiger partial charge in [-0.3, -0.25) is 0 Å². The highest BCUT2D eigenvalue weighted by Crippen LogP contribution is 2.07. The molecule has 0 aliphatic heterocycles. The summed E-state index contributed by atoms with van der Waals surface area (Å²) in [7, 11) is 0.00953. The minimum Gasteiger partial charge on any atom is -0.312 e. The van der Waals surface area contributed by atoms with E-state index < -0.39 is 10.0 Å². The topological polar surface area (TPSA) is 49.4 Å². The molecule has 6 heteroatoms. The van der Waals surface area contributed by atoms with E-state index in [1.807, 2.05) is 18.2 Å². The highest BCUT2D eigenvalue weighted by molar-refractivity contribution is 14.1. The summed E-state index contributed by atoms with van der Waals surface area (Å²) in [6, 6.07) is 8.12. The van der Waals surface area contributed by atoms with E-state index in [4.69, 9.17) is 0 Å². The van der Waals surface area contributed by atoms with Gasteiger partial charge in [-0.1, -0.05) is 12.1 Å². The molecule has 0 radical (unpaired) electrons. The second-order valence-electron chi connectivity index (χ2n) is 3.91. The van der Waals surface area contributed by atoms with Gasteiger partial charge < -0.3 is 5.32 Å². The molecular weight excluding hydrogens is 351 g/mol. The smallest absolute Gasteiger partial charge is 0.214 e. The van der Waals surface area contributed by atoms with E-state index in [0.717, 1.165) is 0 Å². The number of hydrogen-bond donors (Lipinski definition) is 1. The summed E-state index contributed by atoms with van der Waals surface area (Å²) in [6.45, 7) is 1.16. The van der Waals surface area contributed by atoms with Crippen LogP contribution in [0, 0.1) is 3.57 Å². The molecule has 0 amide bonds. The Labute approximate surface area is 117 Å². The molecule has 0 saturated carbocycles. The highest BCUT2D eigenvalue weighted by atomic mass is 127. The molecular formula is C11H17IN2O2S. The molecule has 1 aromatic rings. The summed E-state index contributed by atoms with van der Waals surface area (Å²) >= 11 is 2.26. The zero-order valence-corrected chi connectivity index (χ0v) is 13.0. The van der Waals surface area contributed by atoms with Gasteiger partial charge >= 0.3 is 0 Å². The van der Waals surface area contributed by atoms with Gasteiger partial charge in [0.05, 0.1) is 5.75 Å². The number of nitrogens with one attached hydrogen (secondary N) is 1. The lowest BCUT2D eigenvalue weighted by molar-refractivity contribution is 0.517. The van der Waals surface area contributed by atoms with Crippen molar-refractivity contribution in [1.82, 2.24) is 9.62 Å². The Morgan fingerprint density at radius 1 is 1.35 bits per heavy atom. The minimum absolute atomic E-state index is 0.129. The van der Waals surface area contributed by atoms with Gasteiger partial charge in [-0.15, -0.1) is 0 Å². The summed E-state index contributed by atoms with van der Waals surface area (Å²) in [4.78, 5) is 0. The molecule has 0 atom stereocenters. The van der Waals surface area contributed by atoms with Crippen LogP contribution in [0.4, 0.5) is 0 Å². The quantitative estimate of drug-likeness (QED) is 0.608. The van der Waals surface area contributed by atoms with Crippen LogP contribution in [0.25, 0.3) is 0 Å². The molecule has 0 aliphatic rings. The third-order valence-electron chi connectivity index (χ3n) is 2.31. The van der Waals surface area contributed by atoms with Gasteiger partial charge in [0.25, 0.3) is 0 Å². The normalized spacial score (nSPS) is 12.0. The van der Waals surface area contributed by atoms with E-state index >= 15 is 0 Å². The molecule has 1 aromatic carbocycles. The zero-order chi connectivity index (χ0) is 12.9. The first kappa shape index (κ1) is 14.9. The molecule has 0 fully saturated rings. The number of halogens is 1. The van der Waals surface area contributed by atoms with Crippen molar-refractivity contribution in [2.24, 2.45) is 0 Å². The van der Waals surface area contributed by atoms with Crippen molar-refractivity contribution >= 4 is 32.6 Å². The predicted octanol–water partition coefficient (Wildman–Crippen LogP) is 1.27. The van der Waals surface area contributed by atoms with Gasteiger partial charge in [0.2, 0.25) is 10.0 Å². The van der Waals surface area contributed by atoms with Crippen LogP contribution in [0.15, 0.2) is 24.3 Å². The van der Waals surface area contributed by atoms with Gasteiger partial charge in [-0.25, -0.2) is 12.7 Å². The number of benzene rings is 1. The summed E-state index contributed by atoms with van der Waals surface area (Å²) in [5.41, 5.74) is 1.17. The monoisotopic (exact) mass is 368 g/mol. The number of hydrogen-bond acceptors (Lipinski definition) is 3. The van der Waals surface area contributed by atoms with Gasteiger partial charge in [-0.05, 0) is 40.3 Å². The summed E-state index contributed by atoms with van der Waals surface area (Å²) in [6.07, 6.45) is 0. The first-order valence-corrected chi connectivity index (χ1v) is 7.96. The lowest BCUT2D eigenvalue weighted by Crippen LogP contribution is -2.31. The fraction of sp³-hybridized carbons (Fsp3) is 0.455. The van der Waals surface area contributed by atoms with E-state index in [-0.39, 0.29) is 5.75 Å². The molecule has 0 bridgehead atoms. The first-order valence-electron chi connectivity index (χ1n) is 5.27. The van der Waals surface area contributed by atoms with E-state index in [9.17, 15) is 8.42 Å². The molecule has 17 heavy (non-hydrogen) atoms. The predicted molar refractivity (Wildman–Crippen MR) is 78.3 cm³/mol. The van der Waals surface area contributed by atoms with Crippen molar-refractivity contribution in [1.29, 1.82) is 0 Å². The maximum absolute atomic E-state index is 11.5. The maximum Gasteiger partial charge on any atom is 0.214 e. The Hall–Kier alpha value is -0.180. The van der Waals surface area contributed by atoms with Crippen LogP contribution in [0.2, 0.25) is 0 Å². The van der Waals surface area contributed by atoms with Crippen LogP contribution in [0.5, 0.6) is 0 Å². The standard InChI is InChI=1S/C11H17IN2O2S/c1-14(2)17(15,16)7-6-13-9-10-4-3-5-11(12)8-10/h3-5,8,13H,6-7,9H2,1-2H3. The Bertz CT molecular complexity index is 460. The van der Waals surface area contributed by atoms with Crippen molar-refractivity contribution in [2.45, 2.75) is 6.54 Å². The van der Waals surface area contributed by atoms with Crippen molar-refractivity contribution in [3.8, 4) is 0 Å². The molecule has 1 rings (SSSR count). The Kier molecular flexibility index (Phi) is 5.84. The molecule has 0 unspecified atom stereocenters. The molecule has 0 saturated heterocycles. The lowest BCUT2D eigenvalue weighted by Gasteiger charge is -2.11. The van der Waals surface area contributed by atoms with Crippen molar-refractivity contribution in [2.75, 3.05) is 26.4 Å². The van der Waals surface area contributed by atoms with E-state index in [0.29, 0.717) is 13.1 Å².